The van der Waals surface area contributed by atoms with Crippen LogP contribution in [0.4, 0.5) is 0 Å². The van der Waals surface area contributed by atoms with Crippen LogP contribution in [0.2, 0.25) is 0 Å². The second-order valence-corrected chi connectivity index (χ2v) is 6.04. The summed E-state index contributed by atoms with van der Waals surface area (Å²) >= 11 is 0. The summed E-state index contributed by atoms with van der Waals surface area (Å²) in [5.41, 5.74) is 0.124. The molecule has 0 aliphatic carbocycles. The first kappa shape index (κ1) is 16.5. The molecule has 0 aliphatic rings. The summed E-state index contributed by atoms with van der Waals surface area (Å²) in [5.74, 6) is -0.470. The smallest absolute Gasteiger partial charge is 0.338 e. The summed E-state index contributed by atoms with van der Waals surface area (Å²) in [6.45, 7) is 5.66. The molecule has 2 N–H and O–H groups in total. The number of ether oxygens (including phenoxy) is 2. The number of hydrogen-bond acceptors (Lipinski definition) is 5. The Kier molecular flexibility index (Phi) is 5.52. The van der Waals surface area contributed by atoms with Crippen molar-refractivity contribution in [2.45, 2.75) is 38.2 Å². The lowest BCUT2D eigenvalue weighted by molar-refractivity contribution is 0.0504. The van der Waals surface area contributed by atoms with Gasteiger partial charge in [-0.1, -0.05) is 6.92 Å². The molecule has 1 aromatic carbocycles. The average molecular weight is 301 g/mol. The molecule has 7 heteroatoms. The molecule has 0 aliphatic heterocycles. The van der Waals surface area contributed by atoms with Crippen molar-refractivity contribution in [3.05, 3.63) is 23.8 Å². The molecule has 20 heavy (non-hydrogen) atoms. The Bertz CT molecular complexity index is 580. The van der Waals surface area contributed by atoms with Gasteiger partial charge in [0.15, 0.2) is 0 Å². The van der Waals surface area contributed by atoms with Crippen LogP contribution in [-0.4, -0.2) is 27.1 Å². The van der Waals surface area contributed by atoms with E-state index in [2.05, 4.69) is 0 Å². The Morgan fingerprint density at radius 1 is 1.35 bits per heavy atom. The molecule has 0 spiro atoms. The molecule has 0 amide bonds. The first-order valence-electron chi connectivity index (χ1n) is 6.26. The van der Waals surface area contributed by atoms with Crippen LogP contribution in [0.5, 0.6) is 5.75 Å². The lowest BCUT2D eigenvalue weighted by Gasteiger charge is -2.14. The van der Waals surface area contributed by atoms with Crippen molar-refractivity contribution in [2.24, 2.45) is 5.14 Å². The van der Waals surface area contributed by atoms with Crippen molar-refractivity contribution in [1.29, 1.82) is 0 Å². The van der Waals surface area contributed by atoms with Gasteiger partial charge in [-0.05, 0) is 38.5 Å². The summed E-state index contributed by atoms with van der Waals surface area (Å²) < 4.78 is 33.5. The molecule has 6 nitrogen and oxygen atoms in total. The lowest BCUT2D eigenvalue weighted by Crippen LogP contribution is -2.17. The number of carbonyl (C=O) groups is 1. The van der Waals surface area contributed by atoms with E-state index >= 15 is 0 Å². The van der Waals surface area contributed by atoms with Crippen LogP contribution in [0.3, 0.4) is 0 Å². The molecule has 0 unspecified atom stereocenters. The Morgan fingerprint density at radius 3 is 2.50 bits per heavy atom. The average Bonchev–Trinajstić information content (AvgIpc) is 2.34. The molecule has 1 rings (SSSR count). The minimum absolute atomic E-state index is 0.120. The lowest BCUT2D eigenvalue weighted by atomic mass is 10.2. The topological polar surface area (TPSA) is 95.7 Å². The molecule has 0 fully saturated rings. The molecule has 0 saturated heterocycles. The number of hydrogen-bond donors (Lipinski definition) is 1. The third-order valence-corrected chi connectivity index (χ3v) is 3.22. The van der Waals surface area contributed by atoms with Gasteiger partial charge in [0, 0.05) is 0 Å². The van der Waals surface area contributed by atoms with E-state index in [-0.39, 0.29) is 28.9 Å². The number of benzene rings is 1. The maximum absolute atomic E-state index is 11.7. The van der Waals surface area contributed by atoms with Crippen LogP contribution >= 0.6 is 0 Å². The quantitative estimate of drug-likeness (QED) is 0.807. The van der Waals surface area contributed by atoms with E-state index in [9.17, 15) is 13.2 Å². The number of sulfonamides is 1. The number of primary sulfonamides is 1. The van der Waals surface area contributed by atoms with Crippen molar-refractivity contribution < 1.29 is 22.7 Å². The van der Waals surface area contributed by atoms with Crippen molar-refractivity contribution >= 4 is 16.0 Å². The van der Waals surface area contributed by atoms with Gasteiger partial charge >= 0.3 is 5.97 Å². The van der Waals surface area contributed by atoms with E-state index in [1.807, 2.05) is 6.92 Å². The van der Waals surface area contributed by atoms with E-state index in [1.54, 1.807) is 13.8 Å². The minimum atomic E-state index is -3.99. The normalized spacial score (nSPS) is 11.4. The predicted octanol–water partition coefficient (Wildman–Crippen LogP) is 1.69. The fraction of sp³-hybridized carbons (Fsp3) is 0.462. The second kappa shape index (κ2) is 6.71. The van der Waals surface area contributed by atoms with Crippen molar-refractivity contribution in [3.8, 4) is 5.75 Å². The molecule has 0 radical (unpaired) electrons. The number of carbonyl (C=O) groups excluding carboxylic acids is 1. The summed E-state index contributed by atoms with van der Waals surface area (Å²) in [4.78, 5) is 11.5. The van der Waals surface area contributed by atoms with Crippen molar-refractivity contribution in [3.63, 3.8) is 0 Å². The Hall–Kier alpha value is -1.60. The van der Waals surface area contributed by atoms with E-state index < -0.39 is 16.0 Å². The van der Waals surface area contributed by atoms with Crippen LogP contribution in [-0.2, 0) is 14.8 Å². The van der Waals surface area contributed by atoms with Crippen LogP contribution in [0.1, 0.15) is 37.6 Å². The zero-order chi connectivity index (χ0) is 15.3. The summed E-state index contributed by atoms with van der Waals surface area (Å²) in [7, 11) is -3.99. The Balaban J connectivity index is 3.18. The molecular weight excluding hydrogens is 282 g/mol. The van der Waals surface area contributed by atoms with E-state index in [0.717, 1.165) is 0 Å². The van der Waals surface area contributed by atoms with Crippen LogP contribution in [0, 0.1) is 0 Å². The standard InChI is InChI=1S/C13H19NO5S/c1-4-7-18-13(15)10-5-6-11(19-9(2)3)12(8-10)20(14,16)17/h5-6,8-9H,4,7H2,1-3H3,(H2,14,16,17). The summed E-state index contributed by atoms with van der Waals surface area (Å²) in [6, 6.07) is 4.03. The van der Waals surface area contributed by atoms with Crippen LogP contribution in [0.25, 0.3) is 0 Å². The Labute approximate surface area is 118 Å². The zero-order valence-corrected chi connectivity index (χ0v) is 12.6. The SMILES string of the molecule is CCCOC(=O)c1ccc(OC(C)C)c(S(N)(=O)=O)c1. The van der Waals surface area contributed by atoms with Crippen LogP contribution < -0.4 is 9.88 Å². The largest absolute Gasteiger partial charge is 0.490 e. The molecule has 0 bridgehead atoms. The maximum atomic E-state index is 11.7. The maximum Gasteiger partial charge on any atom is 0.338 e. The zero-order valence-electron chi connectivity index (χ0n) is 11.8. The molecule has 112 valence electrons. The molecule has 0 aromatic heterocycles. The molecular formula is C13H19NO5S. The van der Waals surface area contributed by atoms with Crippen molar-refractivity contribution in [1.82, 2.24) is 0 Å². The van der Waals surface area contributed by atoms with Gasteiger partial charge in [-0.3, -0.25) is 0 Å². The summed E-state index contributed by atoms with van der Waals surface area (Å²) in [5, 5.41) is 5.14. The van der Waals surface area contributed by atoms with Gasteiger partial charge in [0.25, 0.3) is 0 Å². The third kappa shape index (κ3) is 4.50. The molecule has 0 atom stereocenters. The molecule has 0 saturated carbocycles. The second-order valence-electron chi connectivity index (χ2n) is 4.51. The van der Waals surface area contributed by atoms with Crippen LogP contribution in [0.15, 0.2) is 23.1 Å². The number of esters is 1. The fourth-order valence-corrected chi connectivity index (χ4v) is 2.17. The first-order valence-corrected chi connectivity index (χ1v) is 7.81. The van der Waals surface area contributed by atoms with E-state index in [1.165, 1.54) is 18.2 Å². The highest BCUT2D eigenvalue weighted by atomic mass is 32.2. The highest BCUT2D eigenvalue weighted by molar-refractivity contribution is 7.89. The van der Waals surface area contributed by atoms with Gasteiger partial charge < -0.3 is 9.47 Å². The number of rotatable bonds is 6. The number of nitrogens with two attached hydrogens (primary N) is 1. The summed E-state index contributed by atoms with van der Waals surface area (Å²) in [6.07, 6.45) is 0.468. The first-order chi connectivity index (χ1) is 9.25. The molecule has 0 heterocycles. The van der Waals surface area contributed by atoms with Gasteiger partial charge in [0.05, 0.1) is 18.3 Å². The highest BCUT2D eigenvalue weighted by Crippen LogP contribution is 2.25. The van der Waals surface area contributed by atoms with E-state index in [0.29, 0.717) is 6.42 Å². The fourth-order valence-electron chi connectivity index (χ4n) is 1.49. The minimum Gasteiger partial charge on any atom is -0.490 e. The monoisotopic (exact) mass is 301 g/mol. The van der Waals surface area contributed by atoms with Gasteiger partial charge in [0.2, 0.25) is 10.0 Å². The van der Waals surface area contributed by atoms with Gasteiger partial charge in [-0.2, -0.15) is 0 Å². The van der Waals surface area contributed by atoms with Gasteiger partial charge in [-0.25, -0.2) is 18.4 Å². The Morgan fingerprint density at radius 2 is 2.00 bits per heavy atom. The highest BCUT2D eigenvalue weighted by Gasteiger charge is 2.19. The van der Waals surface area contributed by atoms with Crippen molar-refractivity contribution in [2.75, 3.05) is 6.61 Å². The predicted molar refractivity (Wildman–Crippen MR) is 74.2 cm³/mol. The molecule has 1 aromatic rings. The van der Waals surface area contributed by atoms with Gasteiger partial charge in [-0.15, -0.1) is 0 Å². The third-order valence-electron chi connectivity index (χ3n) is 2.29. The van der Waals surface area contributed by atoms with E-state index in [4.69, 9.17) is 14.6 Å². The van der Waals surface area contributed by atoms with Gasteiger partial charge in [0.1, 0.15) is 10.6 Å².